The SMILES string of the molecule is NC1(C(=O)N(Cc2ccccc2F)C2CC2)CCCC1. The Hall–Kier alpha value is -1.42. The number of carbonyl (C=O) groups excluding carboxylic acids is 1. The molecule has 0 saturated heterocycles. The van der Waals surface area contributed by atoms with Gasteiger partial charge in [0.1, 0.15) is 5.82 Å². The number of carbonyl (C=O) groups is 1. The zero-order valence-corrected chi connectivity index (χ0v) is 11.6. The van der Waals surface area contributed by atoms with E-state index >= 15 is 0 Å². The van der Waals surface area contributed by atoms with E-state index in [2.05, 4.69) is 0 Å². The van der Waals surface area contributed by atoms with Crippen molar-refractivity contribution in [3.8, 4) is 0 Å². The van der Waals surface area contributed by atoms with E-state index in [1.54, 1.807) is 12.1 Å². The first-order chi connectivity index (χ1) is 9.60. The molecule has 20 heavy (non-hydrogen) atoms. The van der Waals surface area contributed by atoms with Gasteiger partial charge in [-0.25, -0.2) is 4.39 Å². The maximum absolute atomic E-state index is 13.8. The summed E-state index contributed by atoms with van der Waals surface area (Å²) in [4.78, 5) is 14.6. The molecule has 2 N–H and O–H groups in total. The van der Waals surface area contributed by atoms with Gasteiger partial charge in [0, 0.05) is 18.2 Å². The van der Waals surface area contributed by atoms with Gasteiger partial charge in [-0.15, -0.1) is 0 Å². The summed E-state index contributed by atoms with van der Waals surface area (Å²) < 4.78 is 13.8. The molecule has 2 aliphatic carbocycles. The zero-order valence-electron chi connectivity index (χ0n) is 11.6. The maximum Gasteiger partial charge on any atom is 0.243 e. The highest BCUT2D eigenvalue weighted by Crippen LogP contribution is 2.35. The van der Waals surface area contributed by atoms with Crippen LogP contribution >= 0.6 is 0 Å². The highest BCUT2D eigenvalue weighted by Gasteiger charge is 2.44. The fraction of sp³-hybridized carbons (Fsp3) is 0.562. The van der Waals surface area contributed by atoms with E-state index in [1.165, 1.54) is 6.07 Å². The van der Waals surface area contributed by atoms with Crippen molar-refractivity contribution >= 4 is 5.91 Å². The fourth-order valence-electron chi connectivity index (χ4n) is 3.07. The van der Waals surface area contributed by atoms with Crippen LogP contribution in [0.25, 0.3) is 0 Å². The molecule has 2 fully saturated rings. The lowest BCUT2D eigenvalue weighted by Crippen LogP contribution is -2.54. The first-order valence-electron chi connectivity index (χ1n) is 7.43. The van der Waals surface area contributed by atoms with E-state index in [0.717, 1.165) is 38.5 Å². The highest BCUT2D eigenvalue weighted by molar-refractivity contribution is 5.87. The van der Waals surface area contributed by atoms with E-state index in [1.807, 2.05) is 11.0 Å². The number of rotatable bonds is 4. The molecule has 0 atom stereocenters. The molecule has 0 unspecified atom stereocenters. The molecule has 0 spiro atoms. The monoisotopic (exact) mass is 276 g/mol. The topological polar surface area (TPSA) is 46.3 Å². The molecule has 2 saturated carbocycles. The Morgan fingerprint density at radius 3 is 2.55 bits per heavy atom. The van der Waals surface area contributed by atoms with Gasteiger partial charge in [0.25, 0.3) is 0 Å². The quantitative estimate of drug-likeness (QED) is 0.918. The van der Waals surface area contributed by atoms with Crippen LogP contribution in [0.5, 0.6) is 0 Å². The Labute approximate surface area is 118 Å². The summed E-state index contributed by atoms with van der Waals surface area (Å²) in [5, 5.41) is 0. The molecule has 3 rings (SSSR count). The molecule has 108 valence electrons. The predicted octanol–water partition coefficient (Wildman–Crippen LogP) is 2.59. The summed E-state index contributed by atoms with van der Waals surface area (Å²) in [6.45, 7) is 0.342. The lowest BCUT2D eigenvalue weighted by molar-refractivity contribution is -0.138. The molecular weight excluding hydrogens is 255 g/mol. The van der Waals surface area contributed by atoms with Crippen molar-refractivity contribution in [3.05, 3.63) is 35.6 Å². The van der Waals surface area contributed by atoms with E-state index < -0.39 is 5.54 Å². The molecule has 0 bridgehead atoms. The minimum Gasteiger partial charge on any atom is -0.334 e. The van der Waals surface area contributed by atoms with Crippen molar-refractivity contribution in [2.75, 3.05) is 0 Å². The largest absolute Gasteiger partial charge is 0.334 e. The van der Waals surface area contributed by atoms with Gasteiger partial charge in [-0.1, -0.05) is 31.0 Å². The van der Waals surface area contributed by atoms with Crippen LogP contribution in [0.2, 0.25) is 0 Å². The Bertz CT molecular complexity index is 507. The number of hydrogen-bond donors (Lipinski definition) is 1. The van der Waals surface area contributed by atoms with E-state index in [-0.39, 0.29) is 17.8 Å². The Balaban J connectivity index is 1.79. The minimum atomic E-state index is -0.714. The Morgan fingerprint density at radius 2 is 1.95 bits per heavy atom. The third-order valence-corrected chi connectivity index (χ3v) is 4.47. The zero-order chi connectivity index (χ0) is 14.2. The molecular formula is C16H21FN2O. The van der Waals surface area contributed by atoms with Crippen molar-refractivity contribution in [2.45, 2.75) is 56.7 Å². The number of amides is 1. The van der Waals surface area contributed by atoms with Crippen LogP contribution in [-0.2, 0) is 11.3 Å². The maximum atomic E-state index is 13.8. The first kappa shape index (κ1) is 13.6. The average Bonchev–Trinajstić information content (AvgIpc) is 3.19. The second-order valence-corrected chi connectivity index (χ2v) is 6.12. The molecule has 0 aliphatic heterocycles. The molecule has 4 heteroatoms. The van der Waals surface area contributed by atoms with Gasteiger partial charge in [-0.05, 0) is 31.7 Å². The van der Waals surface area contributed by atoms with Crippen molar-refractivity contribution in [3.63, 3.8) is 0 Å². The van der Waals surface area contributed by atoms with Gasteiger partial charge in [-0.3, -0.25) is 4.79 Å². The van der Waals surface area contributed by atoms with Crippen molar-refractivity contribution in [1.82, 2.24) is 4.90 Å². The summed E-state index contributed by atoms with van der Waals surface area (Å²) in [6.07, 6.45) is 5.56. The van der Waals surface area contributed by atoms with E-state index in [0.29, 0.717) is 12.1 Å². The van der Waals surface area contributed by atoms with Crippen molar-refractivity contribution in [1.29, 1.82) is 0 Å². The number of nitrogens with two attached hydrogens (primary N) is 1. The standard InChI is InChI=1S/C16H21FN2O/c17-14-6-2-1-5-12(14)11-19(13-7-8-13)15(20)16(18)9-3-4-10-16/h1-2,5-6,13H,3-4,7-11,18H2. The summed E-state index contributed by atoms with van der Waals surface area (Å²) in [5.41, 5.74) is 6.14. The third kappa shape index (κ3) is 2.57. The van der Waals surface area contributed by atoms with Gasteiger partial charge in [-0.2, -0.15) is 0 Å². The number of halogens is 1. The molecule has 0 radical (unpaired) electrons. The van der Waals surface area contributed by atoms with Gasteiger partial charge in [0.2, 0.25) is 5.91 Å². The summed E-state index contributed by atoms with van der Waals surface area (Å²) >= 11 is 0. The Morgan fingerprint density at radius 1 is 1.30 bits per heavy atom. The second kappa shape index (κ2) is 5.17. The summed E-state index contributed by atoms with van der Waals surface area (Å²) in [5.74, 6) is -0.232. The van der Waals surface area contributed by atoms with Gasteiger partial charge in [0.05, 0.1) is 5.54 Å². The van der Waals surface area contributed by atoms with Gasteiger partial charge in [0.15, 0.2) is 0 Å². The van der Waals surface area contributed by atoms with E-state index in [4.69, 9.17) is 5.73 Å². The molecule has 2 aliphatic rings. The molecule has 3 nitrogen and oxygen atoms in total. The number of nitrogens with zero attached hydrogens (tertiary/aromatic N) is 1. The first-order valence-corrected chi connectivity index (χ1v) is 7.43. The summed E-state index contributed by atoms with van der Waals surface area (Å²) in [6, 6.07) is 6.92. The third-order valence-electron chi connectivity index (χ3n) is 4.47. The van der Waals surface area contributed by atoms with Crippen LogP contribution in [0.1, 0.15) is 44.1 Å². The number of hydrogen-bond acceptors (Lipinski definition) is 2. The smallest absolute Gasteiger partial charge is 0.243 e. The normalized spacial score (nSPS) is 20.9. The minimum absolute atomic E-state index is 0.0146. The molecule has 1 aromatic carbocycles. The number of benzene rings is 1. The van der Waals surface area contributed by atoms with Crippen LogP contribution in [0.15, 0.2) is 24.3 Å². The van der Waals surface area contributed by atoms with Crippen LogP contribution in [0.4, 0.5) is 4.39 Å². The lowest BCUT2D eigenvalue weighted by Gasteiger charge is -2.32. The van der Waals surface area contributed by atoms with E-state index in [9.17, 15) is 9.18 Å². The van der Waals surface area contributed by atoms with Crippen LogP contribution < -0.4 is 5.73 Å². The predicted molar refractivity (Wildman–Crippen MR) is 75.4 cm³/mol. The Kier molecular flexibility index (Phi) is 3.50. The second-order valence-electron chi connectivity index (χ2n) is 6.12. The molecule has 0 heterocycles. The van der Waals surface area contributed by atoms with Crippen LogP contribution in [0, 0.1) is 5.82 Å². The highest BCUT2D eigenvalue weighted by atomic mass is 19.1. The summed E-state index contributed by atoms with van der Waals surface area (Å²) in [7, 11) is 0. The van der Waals surface area contributed by atoms with Crippen molar-refractivity contribution in [2.24, 2.45) is 5.73 Å². The molecule has 0 aromatic heterocycles. The molecule has 1 aromatic rings. The van der Waals surface area contributed by atoms with Crippen LogP contribution in [-0.4, -0.2) is 22.4 Å². The molecule has 1 amide bonds. The van der Waals surface area contributed by atoms with Crippen molar-refractivity contribution < 1.29 is 9.18 Å². The van der Waals surface area contributed by atoms with Crippen LogP contribution in [0.3, 0.4) is 0 Å². The van der Waals surface area contributed by atoms with Gasteiger partial charge >= 0.3 is 0 Å². The van der Waals surface area contributed by atoms with Gasteiger partial charge < -0.3 is 10.6 Å². The average molecular weight is 276 g/mol. The lowest BCUT2D eigenvalue weighted by atomic mass is 9.96. The fourth-order valence-corrected chi connectivity index (χ4v) is 3.07.